The first-order valence-corrected chi connectivity index (χ1v) is 4.33. The smallest absolute Gasteiger partial charge is 0.0173 e. The molecule has 0 fully saturated rings. The van der Waals surface area contributed by atoms with Gasteiger partial charge in [-0.15, -0.1) is 6.58 Å². The average Bonchev–Trinajstić information content (AvgIpc) is 1.86. The van der Waals surface area contributed by atoms with Crippen LogP contribution < -0.4 is 0 Å². The number of hydrogen-bond donors (Lipinski definition) is 0. The van der Waals surface area contributed by atoms with Gasteiger partial charge in [0.25, 0.3) is 0 Å². The SMILES string of the molecule is C.C=CC[C@@H](C=C(C)C)C(C)C. The number of rotatable bonds is 4. The molecule has 0 aliphatic carbocycles. The quantitative estimate of drug-likeness (QED) is 0.544. The molecule has 0 saturated carbocycles. The van der Waals surface area contributed by atoms with Crippen molar-refractivity contribution in [2.45, 2.75) is 41.5 Å². The molecule has 0 aromatic heterocycles. The zero-order valence-corrected chi connectivity index (χ0v) is 8.22. The van der Waals surface area contributed by atoms with Crippen molar-refractivity contribution in [1.29, 1.82) is 0 Å². The maximum absolute atomic E-state index is 3.76. The maximum atomic E-state index is 3.76. The van der Waals surface area contributed by atoms with Crippen LogP contribution in [0.15, 0.2) is 24.3 Å². The van der Waals surface area contributed by atoms with Crippen molar-refractivity contribution in [1.82, 2.24) is 0 Å². The Kier molecular flexibility index (Phi) is 8.36. The molecule has 0 amide bonds. The van der Waals surface area contributed by atoms with Crippen LogP contribution in [-0.4, -0.2) is 0 Å². The molecule has 0 rings (SSSR count). The van der Waals surface area contributed by atoms with Gasteiger partial charge in [0.2, 0.25) is 0 Å². The minimum Gasteiger partial charge on any atom is -0.103 e. The second-order valence-corrected chi connectivity index (χ2v) is 3.68. The van der Waals surface area contributed by atoms with Crippen LogP contribution in [0.3, 0.4) is 0 Å². The van der Waals surface area contributed by atoms with Crippen LogP contribution in [-0.2, 0) is 0 Å². The lowest BCUT2D eigenvalue weighted by Crippen LogP contribution is -2.04. The van der Waals surface area contributed by atoms with Gasteiger partial charge in [0, 0.05) is 0 Å². The van der Waals surface area contributed by atoms with Crippen molar-refractivity contribution in [2.75, 3.05) is 0 Å². The number of allylic oxidation sites excluding steroid dienone is 3. The van der Waals surface area contributed by atoms with Gasteiger partial charge in [-0.1, -0.05) is 39.0 Å². The van der Waals surface area contributed by atoms with E-state index in [1.807, 2.05) is 6.08 Å². The zero-order chi connectivity index (χ0) is 8.85. The summed E-state index contributed by atoms with van der Waals surface area (Å²) in [7, 11) is 0. The second kappa shape index (κ2) is 7.15. The summed E-state index contributed by atoms with van der Waals surface area (Å²) in [6, 6.07) is 0. The Bertz CT molecular complexity index is 136. The monoisotopic (exact) mass is 168 g/mol. The molecule has 0 unspecified atom stereocenters. The highest BCUT2D eigenvalue weighted by molar-refractivity contribution is 4.99. The minimum atomic E-state index is 0. The van der Waals surface area contributed by atoms with Crippen molar-refractivity contribution < 1.29 is 0 Å². The molecule has 1 atom stereocenters. The highest BCUT2D eigenvalue weighted by Gasteiger charge is 2.07. The molecule has 0 bridgehead atoms. The van der Waals surface area contributed by atoms with Crippen LogP contribution in [0.25, 0.3) is 0 Å². The van der Waals surface area contributed by atoms with Crippen LogP contribution in [0.2, 0.25) is 0 Å². The van der Waals surface area contributed by atoms with Gasteiger partial charge >= 0.3 is 0 Å². The Morgan fingerprint density at radius 1 is 1.33 bits per heavy atom. The molecule has 0 heterocycles. The zero-order valence-electron chi connectivity index (χ0n) is 8.22. The molecule has 0 saturated heterocycles. The molecule has 0 N–H and O–H groups in total. The largest absolute Gasteiger partial charge is 0.103 e. The van der Waals surface area contributed by atoms with Gasteiger partial charge in [-0.25, -0.2) is 0 Å². The molecular formula is C12H24. The van der Waals surface area contributed by atoms with Crippen LogP contribution in [0.1, 0.15) is 41.5 Å². The minimum absolute atomic E-state index is 0. The summed E-state index contributed by atoms with van der Waals surface area (Å²) in [5.74, 6) is 1.40. The normalized spacial score (nSPS) is 11.8. The Hall–Kier alpha value is -0.520. The van der Waals surface area contributed by atoms with Crippen LogP contribution in [0.5, 0.6) is 0 Å². The first-order valence-electron chi connectivity index (χ1n) is 4.33. The molecule has 0 nitrogen and oxygen atoms in total. The Labute approximate surface area is 78.4 Å². The molecule has 0 aromatic carbocycles. The van der Waals surface area contributed by atoms with E-state index >= 15 is 0 Å². The van der Waals surface area contributed by atoms with Crippen LogP contribution in [0, 0.1) is 11.8 Å². The van der Waals surface area contributed by atoms with E-state index in [0.717, 1.165) is 12.3 Å². The lowest BCUT2D eigenvalue weighted by atomic mass is 9.91. The fraction of sp³-hybridized carbons (Fsp3) is 0.667. The molecule has 0 aromatic rings. The highest BCUT2D eigenvalue weighted by atomic mass is 14.1. The molecule has 0 spiro atoms. The van der Waals surface area contributed by atoms with Gasteiger partial charge in [-0.05, 0) is 32.1 Å². The van der Waals surface area contributed by atoms with E-state index in [2.05, 4.69) is 40.3 Å². The van der Waals surface area contributed by atoms with Gasteiger partial charge in [-0.2, -0.15) is 0 Å². The summed E-state index contributed by atoms with van der Waals surface area (Å²) in [4.78, 5) is 0. The van der Waals surface area contributed by atoms with Crippen molar-refractivity contribution >= 4 is 0 Å². The third-order valence-corrected chi connectivity index (χ3v) is 1.84. The first kappa shape index (κ1) is 14.0. The molecule has 0 aliphatic heterocycles. The van der Waals surface area contributed by atoms with Gasteiger partial charge < -0.3 is 0 Å². The predicted molar refractivity (Wildman–Crippen MR) is 59.3 cm³/mol. The predicted octanol–water partition coefficient (Wildman–Crippen LogP) is 4.44. The van der Waals surface area contributed by atoms with Crippen molar-refractivity contribution in [3.63, 3.8) is 0 Å². The summed E-state index contributed by atoms with van der Waals surface area (Å²) < 4.78 is 0. The fourth-order valence-corrected chi connectivity index (χ4v) is 1.15. The van der Waals surface area contributed by atoms with E-state index in [9.17, 15) is 0 Å². The summed E-state index contributed by atoms with van der Waals surface area (Å²) in [6.07, 6.45) is 5.44. The summed E-state index contributed by atoms with van der Waals surface area (Å²) in [6.45, 7) is 12.6. The van der Waals surface area contributed by atoms with Gasteiger partial charge in [-0.3, -0.25) is 0 Å². The maximum Gasteiger partial charge on any atom is -0.0173 e. The lowest BCUT2D eigenvalue weighted by Gasteiger charge is -2.15. The Morgan fingerprint density at radius 3 is 2.08 bits per heavy atom. The topological polar surface area (TPSA) is 0 Å². The molecular weight excluding hydrogens is 144 g/mol. The third kappa shape index (κ3) is 6.21. The fourth-order valence-electron chi connectivity index (χ4n) is 1.15. The van der Waals surface area contributed by atoms with E-state index < -0.39 is 0 Å². The van der Waals surface area contributed by atoms with E-state index in [1.165, 1.54) is 5.57 Å². The van der Waals surface area contributed by atoms with E-state index in [1.54, 1.807) is 0 Å². The Balaban J connectivity index is 0. The Morgan fingerprint density at radius 2 is 1.83 bits per heavy atom. The van der Waals surface area contributed by atoms with E-state index in [4.69, 9.17) is 0 Å². The van der Waals surface area contributed by atoms with Crippen molar-refractivity contribution in [2.24, 2.45) is 11.8 Å². The van der Waals surface area contributed by atoms with E-state index in [0.29, 0.717) is 5.92 Å². The van der Waals surface area contributed by atoms with Gasteiger partial charge in [0.15, 0.2) is 0 Å². The summed E-state index contributed by atoms with van der Waals surface area (Å²) in [5.41, 5.74) is 1.41. The molecule has 0 aliphatic rings. The molecule has 12 heavy (non-hydrogen) atoms. The van der Waals surface area contributed by atoms with Gasteiger partial charge in [0.05, 0.1) is 0 Å². The standard InChI is InChI=1S/C11H20.CH4/c1-6-7-11(10(4)5)8-9(2)3;/h6,8,10-11H,1,7H2,2-5H3;1H4/t11-;/m0./s1. The van der Waals surface area contributed by atoms with E-state index in [-0.39, 0.29) is 7.43 Å². The van der Waals surface area contributed by atoms with Crippen LogP contribution in [0.4, 0.5) is 0 Å². The van der Waals surface area contributed by atoms with Crippen LogP contribution >= 0.6 is 0 Å². The third-order valence-electron chi connectivity index (χ3n) is 1.84. The summed E-state index contributed by atoms with van der Waals surface area (Å²) in [5, 5.41) is 0. The highest BCUT2D eigenvalue weighted by Crippen LogP contribution is 2.18. The first-order chi connectivity index (χ1) is 5.07. The van der Waals surface area contributed by atoms with Crippen molar-refractivity contribution in [3.05, 3.63) is 24.3 Å². The lowest BCUT2D eigenvalue weighted by molar-refractivity contribution is 0.468. The van der Waals surface area contributed by atoms with Gasteiger partial charge in [0.1, 0.15) is 0 Å². The molecule has 0 radical (unpaired) electrons. The second-order valence-electron chi connectivity index (χ2n) is 3.68. The summed E-state index contributed by atoms with van der Waals surface area (Å²) >= 11 is 0. The molecule has 72 valence electrons. The number of hydrogen-bond acceptors (Lipinski definition) is 0. The molecule has 0 heteroatoms. The average molecular weight is 168 g/mol. The van der Waals surface area contributed by atoms with Crippen molar-refractivity contribution in [3.8, 4) is 0 Å².